The fourth-order valence-electron chi connectivity index (χ4n) is 1.38. The zero-order valence-corrected chi connectivity index (χ0v) is 7.88. The van der Waals surface area contributed by atoms with E-state index in [1.165, 1.54) is 4.90 Å². The number of aromatic nitrogens is 2. The third-order valence-electron chi connectivity index (χ3n) is 2.11. The number of anilines is 1. The summed E-state index contributed by atoms with van der Waals surface area (Å²) >= 11 is 0. The van der Waals surface area contributed by atoms with Gasteiger partial charge in [0.1, 0.15) is 6.10 Å². The zero-order valence-electron chi connectivity index (χ0n) is 7.88. The third-order valence-corrected chi connectivity index (χ3v) is 2.11. The van der Waals surface area contributed by atoms with Gasteiger partial charge >= 0.3 is 6.09 Å². The Morgan fingerprint density at radius 3 is 3.07 bits per heavy atom. The quantitative estimate of drug-likeness (QED) is 0.705. The highest BCUT2D eigenvalue weighted by atomic mass is 16.6. The monoisotopic (exact) mass is 196 g/mol. The zero-order chi connectivity index (χ0) is 10.1. The maximum atomic E-state index is 11.4. The van der Waals surface area contributed by atoms with Gasteiger partial charge in [-0.1, -0.05) is 0 Å². The summed E-state index contributed by atoms with van der Waals surface area (Å²) in [5.41, 5.74) is 5.41. The molecule has 1 aliphatic rings. The van der Waals surface area contributed by atoms with Gasteiger partial charge in [-0.25, -0.2) is 4.79 Å². The van der Waals surface area contributed by atoms with Crippen LogP contribution in [0.1, 0.15) is 0 Å². The van der Waals surface area contributed by atoms with Crippen LogP contribution >= 0.6 is 0 Å². The second-order valence-corrected chi connectivity index (χ2v) is 3.20. The van der Waals surface area contributed by atoms with E-state index in [1.807, 2.05) is 0 Å². The molecular weight excluding hydrogens is 184 g/mol. The van der Waals surface area contributed by atoms with Crippen molar-refractivity contribution in [3.63, 3.8) is 0 Å². The van der Waals surface area contributed by atoms with Crippen molar-refractivity contribution < 1.29 is 9.53 Å². The molecule has 0 aromatic carbocycles. The average molecular weight is 196 g/mol. The second kappa shape index (κ2) is 3.30. The molecule has 1 aromatic rings. The summed E-state index contributed by atoms with van der Waals surface area (Å²) in [4.78, 5) is 12.8. The SMILES string of the molecule is Cn1ccc(N2CC(CN)OC2=O)n1. The lowest BCUT2D eigenvalue weighted by molar-refractivity contribution is 0.145. The molecule has 0 aliphatic carbocycles. The lowest BCUT2D eigenvalue weighted by atomic mass is 10.3. The molecule has 0 radical (unpaired) electrons. The van der Waals surface area contributed by atoms with Crippen molar-refractivity contribution in [2.75, 3.05) is 18.0 Å². The topological polar surface area (TPSA) is 73.4 Å². The first-order chi connectivity index (χ1) is 6.70. The van der Waals surface area contributed by atoms with Gasteiger partial charge in [-0.05, 0) is 0 Å². The molecule has 6 heteroatoms. The van der Waals surface area contributed by atoms with Crippen LogP contribution < -0.4 is 10.6 Å². The summed E-state index contributed by atoms with van der Waals surface area (Å²) in [5, 5.41) is 4.11. The van der Waals surface area contributed by atoms with E-state index in [0.29, 0.717) is 18.9 Å². The van der Waals surface area contributed by atoms with Crippen molar-refractivity contribution in [3.05, 3.63) is 12.3 Å². The number of carbonyl (C=O) groups excluding carboxylic acids is 1. The Morgan fingerprint density at radius 1 is 1.79 bits per heavy atom. The molecule has 1 saturated heterocycles. The van der Waals surface area contributed by atoms with Crippen LogP contribution in [0.25, 0.3) is 0 Å². The molecule has 2 heterocycles. The molecule has 0 spiro atoms. The van der Waals surface area contributed by atoms with Gasteiger partial charge in [-0.2, -0.15) is 5.10 Å². The maximum absolute atomic E-state index is 11.4. The normalized spacial score (nSPS) is 21.4. The summed E-state index contributed by atoms with van der Waals surface area (Å²) in [6.07, 6.45) is 1.18. The van der Waals surface area contributed by atoms with Gasteiger partial charge in [-0.15, -0.1) is 0 Å². The number of amides is 1. The van der Waals surface area contributed by atoms with E-state index in [9.17, 15) is 4.79 Å². The van der Waals surface area contributed by atoms with Gasteiger partial charge in [0.15, 0.2) is 5.82 Å². The summed E-state index contributed by atoms with van der Waals surface area (Å²) in [7, 11) is 1.80. The highest BCUT2D eigenvalue weighted by Gasteiger charge is 2.32. The van der Waals surface area contributed by atoms with Crippen molar-refractivity contribution in [1.82, 2.24) is 9.78 Å². The molecule has 0 saturated carbocycles. The van der Waals surface area contributed by atoms with Gasteiger partial charge in [0.25, 0.3) is 0 Å². The first-order valence-corrected chi connectivity index (χ1v) is 4.38. The largest absolute Gasteiger partial charge is 0.443 e. The number of hydrogen-bond donors (Lipinski definition) is 1. The molecule has 2 N–H and O–H groups in total. The predicted molar refractivity (Wildman–Crippen MR) is 49.9 cm³/mol. The minimum absolute atomic E-state index is 0.218. The van der Waals surface area contributed by atoms with Crippen LogP contribution in [-0.2, 0) is 11.8 Å². The number of hydrogen-bond acceptors (Lipinski definition) is 4. The standard InChI is InChI=1S/C8H12N4O2/c1-11-3-2-7(10-11)12-5-6(4-9)14-8(12)13/h2-3,6H,4-5,9H2,1H3. The third kappa shape index (κ3) is 1.44. The fourth-order valence-corrected chi connectivity index (χ4v) is 1.38. The van der Waals surface area contributed by atoms with Gasteiger partial charge in [0, 0.05) is 25.9 Å². The first kappa shape index (κ1) is 9.01. The Bertz CT molecular complexity index is 349. The molecule has 1 amide bonds. The number of nitrogens with zero attached hydrogens (tertiary/aromatic N) is 3. The van der Waals surface area contributed by atoms with E-state index >= 15 is 0 Å². The molecule has 1 atom stereocenters. The van der Waals surface area contributed by atoms with E-state index < -0.39 is 0 Å². The summed E-state index contributed by atoms with van der Waals surface area (Å²) in [5.74, 6) is 0.605. The van der Waals surface area contributed by atoms with Crippen LogP contribution in [0.3, 0.4) is 0 Å². The average Bonchev–Trinajstić information content (AvgIpc) is 2.71. The lowest BCUT2D eigenvalue weighted by Gasteiger charge is -2.07. The Kier molecular flexibility index (Phi) is 2.12. The minimum Gasteiger partial charge on any atom is -0.443 e. The van der Waals surface area contributed by atoms with Crippen LogP contribution in [-0.4, -0.2) is 35.1 Å². The molecule has 1 unspecified atom stereocenters. The molecule has 1 aromatic heterocycles. The van der Waals surface area contributed by atoms with Crippen LogP contribution in [0, 0.1) is 0 Å². The van der Waals surface area contributed by atoms with Gasteiger partial charge < -0.3 is 10.5 Å². The van der Waals surface area contributed by atoms with E-state index in [0.717, 1.165) is 0 Å². The molecule has 2 rings (SSSR count). The Labute approximate surface area is 81.2 Å². The molecule has 1 fully saturated rings. The number of carbonyl (C=O) groups is 1. The van der Waals surface area contributed by atoms with E-state index in [2.05, 4.69) is 5.10 Å². The van der Waals surface area contributed by atoms with Crippen molar-refractivity contribution in [2.45, 2.75) is 6.10 Å². The van der Waals surface area contributed by atoms with Crippen molar-refractivity contribution >= 4 is 11.9 Å². The van der Waals surface area contributed by atoms with Gasteiger partial charge in [-0.3, -0.25) is 9.58 Å². The number of nitrogens with two attached hydrogens (primary N) is 1. The summed E-state index contributed by atoms with van der Waals surface area (Å²) < 4.78 is 6.64. The molecular formula is C8H12N4O2. The molecule has 6 nitrogen and oxygen atoms in total. The lowest BCUT2D eigenvalue weighted by Crippen LogP contribution is -2.27. The van der Waals surface area contributed by atoms with E-state index in [-0.39, 0.29) is 12.2 Å². The summed E-state index contributed by atoms with van der Waals surface area (Å²) in [6.45, 7) is 0.821. The number of aryl methyl sites for hydroxylation is 1. The second-order valence-electron chi connectivity index (χ2n) is 3.20. The molecule has 76 valence electrons. The van der Waals surface area contributed by atoms with Crippen molar-refractivity contribution in [3.8, 4) is 0 Å². The Hall–Kier alpha value is -1.56. The van der Waals surface area contributed by atoms with Crippen LogP contribution in [0.5, 0.6) is 0 Å². The minimum atomic E-state index is -0.376. The number of cyclic esters (lactones) is 1. The number of ether oxygens (including phenoxy) is 1. The highest BCUT2D eigenvalue weighted by Crippen LogP contribution is 2.18. The van der Waals surface area contributed by atoms with Crippen LogP contribution in [0.15, 0.2) is 12.3 Å². The smallest absolute Gasteiger partial charge is 0.416 e. The molecule has 0 bridgehead atoms. The van der Waals surface area contributed by atoms with E-state index in [1.54, 1.807) is 24.0 Å². The first-order valence-electron chi connectivity index (χ1n) is 4.38. The Morgan fingerprint density at radius 2 is 2.57 bits per heavy atom. The maximum Gasteiger partial charge on any atom is 0.416 e. The van der Waals surface area contributed by atoms with Gasteiger partial charge in [0.2, 0.25) is 0 Å². The fraction of sp³-hybridized carbons (Fsp3) is 0.500. The van der Waals surface area contributed by atoms with Crippen LogP contribution in [0.2, 0.25) is 0 Å². The van der Waals surface area contributed by atoms with E-state index in [4.69, 9.17) is 10.5 Å². The summed E-state index contributed by atoms with van der Waals surface area (Å²) in [6, 6.07) is 1.76. The predicted octanol–water partition coefficient (Wildman–Crippen LogP) is -0.296. The van der Waals surface area contributed by atoms with Crippen molar-refractivity contribution in [2.24, 2.45) is 12.8 Å². The van der Waals surface area contributed by atoms with Gasteiger partial charge in [0.05, 0.1) is 6.54 Å². The van der Waals surface area contributed by atoms with Crippen LogP contribution in [0.4, 0.5) is 10.6 Å². The number of rotatable bonds is 2. The Balaban J connectivity index is 2.16. The molecule has 1 aliphatic heterocycles. The molecule has 14 heavy (non-hydrogen) atoms. The highest BCUT2D eigenvalue weighted by molar-refractivity contribution is 5.88. The van der Waals surface area contributed by atoms with Crippen molar-refractivity contribution in [1.29, 1.82) is 0 Å².